The third kappa shape index (κ3) is 5.07. The number of benzene rings is 2. The number of likely N-dealkylation sites (N-methyl/N-ethyl adjacent to an activating group) is 1. The summed E-state index contributed by atoms with van der Waals surface area (Å²) in [5.74, 6) is -0.131. The number of carbonyl (C=O) groups is 1. The lowest BCUT2D eigenvalue weighted by Gasteiger charge is -2.21. The van der Waals surface area contributed by atoms with Crippen LogP contribution in [0.3, 0.4) is 0 Å². The van der Waals surface area contributed by atoms with E-state index in [0.717, 1.165) is 41.5 Å². The number of amides is 1. The molecule has 0 spiro atoms. The SMILES string of the molecule is CCCCN(C)CC(O)Cn1cc(/C=C2/C(=O)N(c3ccccc3)N=C2C)c2ccccc21. The number of nitrogens with zero attached hydrogens (tertiary/aromatic N) is 4. The van der Waals surface area contributed by atoms with Crippen molar-refractivity contribution in [3.63, 3.8) is 0 Å². The van der Waals surface area contributed by atoms with Crippen LogP contribution in [0.4, 0.5) is 5.69 Å². The molecule has 6 heteroatoms. The number of aliphatic hydroxyl groups is 1. The van der Waals surface area contributed by atoms with E-state index >= 15 is 0 Å². The standard InChI is InChI=1S/C27H32N4O2/c1-4-5-15-29(3)18-23(32)19-30-17-21(24-13-9-10-14-26(24)30)16-25-20(2)28-31(27(25)33)22-11-7-6-8-12-22/h6-14,16-17,23,32H,4-5,15,18-19H2,1-3H3/b25-16+. The lowest BCUT2D eigenvalue weighted by molar-refractivity contribution is -0.114. The number of hydrogen-bond acceptors (Lipinski definition) is 4. The molecule has 1 amide bonds. The van der Waals surface area contributed by atoms with E-state index in [1.807, 2.05) is 61.7 Å². The van der Waals surface area contributed by atoms with Gasteiger partial charge in [-0.05, 0) is 51.2 Å². The monoisotopic (exact) mass is 444 g/mol. The molecule has 6 nitrogen and oxygen atoms in total. The molecular formula is C27H32N4O2. The van der Waals surface area contributed by atoms with Crippen molar-refractivity contribution in [2.24, 2.45) is 5.10 Å². The Morgan fingerprint density at radius 1 is 1.12 bits per heavy atom. The fourth-order valence-corrected chi connectivity index (χ4v) is 4.29. The highest BCUT2D eigenvalue weighted by molar-refractivity contribution is 6.32. The molecule has 4 rings (SSSR count). The lowest BCUT2D eigenvalue weighted by atomic mass is 10.1. The summed E-state index contributed by atoms with van der Waals surface area (Å²) in [4.78, 5) is 15.3. The van der Waals surface area contributed by atoms with Gasteiger partial charge in [-0.15, -0.1) is 0 Å². The van der Waals surface area contributed by atoms with E-state index < -0.39 is 6.10 Å². The van der Waals surface area contributed by atoms with Crippen LogP contribution in [0.5, 0.6) is 0 Å². The van der Waals surface area contributed by atoms with Gasteiger partial charge in [0.2, 0.25) is 0 Å². The van der Waals surface area contributed by atoms with Gasteiger partial charge in [-0.3, -0.25) is 4.79 Å². The Morgan fingerprint density at radius 2 is 1.85 bits per heavy atom. The molecule has 0 saturated heterocycles. The van der Waals surface area contributed by atoms with Gasteiger partial charge in [-0.2, -0.15) is 10.1 Å². The van der Waals surface area contributed by atoms with Crippen molar-refractivity contribution in [2.45, 2.75) is 39.3 Å². The Labute approximate surface area is 195 Å². The van der Waals surface area contributed by atoms with Crippen LogP contribution in [-0.4, -0.2) is 52.4 Å². The number of aliphatic hydroxyl groups excluding tert-OH is 1. The van der Waals surface area contributed by atoms with E-state index in [1.165, 1.54) is 5.01 Å². The maximum Gasteiger partial charge on any atom is 0.280 e. The van der Waals surface area contributed by atoms with Crippen molar-refractivity contribution in [3.05, 3.63) is 71.9 Å². The maximum atomic E-state index is 13.1. The molecule has 1 unspecified atom stereocenters. The number of unbranched alkanes of at least 4 members (excludes halogenated alkanes) is 1. The molecule has 172 valence electrons. The molecule has 2 aromatic carbocycles. The first kappa shape index (κ1) is 23.0. The van der Waals surface area contributed by atoms with Crippen LogP contribution in [0, 0.1) is 0 Å². The van der Waals surface area contributed by atoms with E-state index in [1.54, 1.807) is 0 Å². The summed E-state index contributed by atoms with van der Waals surface area (Å²) >= 11 is 0. The van der Waals surface area contributed by atoms with Crippen LogP contribution in [-0.2, 0) is 11.3 Å². The molecule has 0 radical (unpaired) electrons. The van der Waals surface area contributed by atoms with Gasteiger partial charge in [0.15, 0.2) is 0 Å². The topological polar surface area (TPSA) is 61.1 Å². The molecule has 0 bridgehead atoms. The highest BCUT2D eigenvalue weighted by atomic mass is 16.3. The highest BCUT2D eigenvalue weighted by Crippen LogP contribution is 2.28. The number of rotatable bonds is 9. The zero-order chi connectivity index (χ0) is 23.4. The largest absolute Gasteiger partial charge is 0.390 e. The van der Waals surface area contributed by atoms with E-state index in [9.17, 15) is 9.90 Å². The molecule has 1 aliphatic rings. The molecule has 1 N–H and O–H groups in total. The quantitative estimate of drug-likeness (QED) is 0.493. The van der Waals surface area contributed by atoms with Crippen LogP contribution in [0.25, 0.3) is 17.0 Å². The number of fused-ring (bicyclic) bond motifs is 1. The smallest absolute Gasteiger partial charge is 0.280 e. The van der Waals surface area contributed by atoms with E-state index in [4.69, 9.17) is 0 Å². The fourth-order valence-electron chi connectivity index (χ4n) is 4.29. The first-order valence-corrected chi connectivity index (χ1v) is 11.6. The Hall–Kier alpha value is -3.22. The second-order valence-electron chi connectivity index (χ2n) is 8.72. The third-order valence-corrected chi connectivity index (χ3v) is 6.01. The predicted octanol–water partition coefficient (Wildman–Crippen LogP) is 4.54. The van der Waals surface area contributed by atoms with Gasteiger partial charge in [0, 0.05) is 35.8 Å². The summed E-state index contributed by atoms with van der Waals surface area (Å²) in [6, 6.07) is 17.6. The molecule has 1 atom stereocenters. The minimum Gasteiger partial charge on any atom is -0.390 e. The van der Waals surface area contributed by atoms with Crippen molar-refractivity contribution in [1.82, 2.24) is 9.47 Å². The third-order valence-electron chi connectivity index (χ3n) is 6.01. The summed E-state index contributed by atoms with van der Waals surface area (Å²) < 4.78 is 2.08. The van der Waals surface area contributed by atoms with Crippen molar-refractivity contribution in [1.29, 1.82) is 0 Å². The Morgan fingerprint density at radius 3 is 2.61 bits per heavy atom. The van der Waals surface area contributed by atoms with Crippen LogP contribution in [0.15, 0.2) is 71.5 Å². The first-order chi connectivity index (χ1) is 16.0. The molecular weight excluding hydrogens is 412 g/mol. The van der Waals surface area contributed by atoms with Crippen LogP contribution >= 0.6 is 0 Å². The number of hydrogen-bond donors (Lipinski definition) is 1. The van der Waals surface area contributed by atoms with Gasteiger partial charge in [-0.1, -0.05) is 49.7 Å². The normalized spacial score (nSPS) is 16.3. The van der Waals surface area contributed by atoms with Gasteiger partial charge < -0.3 is 14.6 Å². The van der Waals surface area contributed by atoms with Gasteiger partial charge in [-0.25, -0.2) is 0 Å². The number of carbonyl (C=O) groups excluding carboxylic acids is 1. The van der Waals surface area contributed by atoms with Crippen LogP contribution in [0.2, 0.25) is 0 Å². The first-order valence-electron chi connectivity index (χ1n) is 11.6. The Balaban J connectivity index is 1.60. The predicted molar refractivity (Wildman–Crippen MR) is 135 cm³/mol. The summed E-state index contributed by atoms with van der Waals surface area (Å²) in [7, 11) is 2.05. The zero-order valence-corrected chi connectivity index (χ0v) is 19.6. The minimum atomic E-state index is -0.479. The van der Waals surface area contributed by atoms with Crippen molar-refractivity contribution < 1.29 is 9.90 Å². The van der Waals surface area contributed by atoms with Crippen molar-refractivity contribution in [2.75, 3.05) is 25.1 Å². The molecule has 0 aliphatic carbocycles. The second kappa shape index (κ2) is 10.1. The molecule has 0 fully saturated rings. The molecule has 1 aromatic heterocycles. The summed E-state index contributed by atoms with van der Waals surface area (Å²) in [5.41, 5.74) is 4.02. The average Bonchev–Trinajstić information content (AvgIpc) is 3.30. The van der Waals surface area contributed by atoms with Gasteiger partial charge in [0.1, 0.15) is 0 Å². The van der Waals surface area contributed by atoms with E-state index in [-0.39, 0.29) is 5.91 Å². The van der Waals surface area contributed by atoms with E-state index in [0.29, 0.717) is 24.4 Å². The number of para-hydroxylation sites is 2. The maximum absolute atomic E-state index is 13.1. The Bertz CT molecular complexity index is 1180. The fraction of sp³-hybridized carbons (Fsp3) is 0.333. The van der Waals surface area contributed by atoms with Gasteiger partial charge in [0.25, 0.3) is 5.91 Å². The molecule has 1 aliphatic heterocycles. The highest BCUT2D eigenvalue weighted by Gasteiger charge is 2.29. The molecule has 2 heterocycles. The minimum absolute atomic E-state index is 0.131. The molecule has 0 saturated carbocycles. The van der Waals surface area contributed by atoms with Crippen molar-refractivity contribution >= 4 is 34.3 Å². The lowest BCUT2D eigenvalue weighted by Crippen LogP contribution is -2.32. The number of anilines is 1. The Kier molecular flexibility index (Phi) is 7.06. The summed E-state index contributed by atoms with van der Waals surface area (Å²) in [6.07, 6.45) is 5.74. The van der Waals surface area contributed by atoms with Gasteiger partial charge in [0.05, 0.1) is 23.1 Å². The summed E-state index contributed by atoms with van der Waals surface area (Å²) in [5, 5.41) is 17.7. The van der Waals surface area contributed by atoms with Crippen LogP contribution in [0.1, 0.15) is 32.3 Å². The molecule has 3 aromatic rings. The second-order valence-corrected chi connectivity index (χ2v) is 8.72. The van der Waals surface area contributed by atoms with E-state index in [2.05, 4.69) is 40.7 Å². The molecule has 33 heavy (non-hydrogen) atoms. The van der Waals surface area contributed by atoms with Crippen molar-refractivity contribution in [3.8, 4) is 0 Å². The van der Waals surface area contributed by atoms with Gasteiger partial charge >= 0.3 is 0 Å². The zero-order valence-electron chi connectivity index (χ0n) is 19.6. The van der Waals surface area contributed by atoms with Crippen LogP contribution < -0.4 is 5.01 Å². The average molecular weight is 445 g/mol. The number of hydrazone groups is 1. The summed E-state index contributed by atoms with van der Waals surface area (Å²) in [6.45, 7) is 6.14. The number of aromatic nitrogens is 1.